The van der Waals surface area contributed by atoms with Gasteiger partial charge in [-0.25, -0.2) is 14.8 Å². The lowest BCUT2D eigenvalue weighted by atomic mass is 9.84. The number of hydrogen-bond donors (Lipinski definition) is 2. The molecule has 0 aromatic carbocycles. The van der Waals surface area contributed by atoms with Gasteiger partial charge in [-0.15, -0.1) is 0 Å². The predicted octanol–water partition coefficient (Wildman–Crippen LogP) is 2.08. The van der Waals surface area contributed by atoms with Crippen molar-refractivity contribution in [3.63, 3.8) is 0 Å². The third-order valence-electron chi connectivity index (χ3n) is 4.35. The van der Waals surface area contributed by atoms with Crippen molar-refractivity contribution < 1.29 is 14.7 Å². The average Bonchev–Trinajstić information content (AvgIpc) is 2.79. The van der Waals surface area contributed by atoms with Gasteiger partial charge in [0.05, 0.1) is 5.56 Å². The van der Waals surface area contributed by atoms with Crippen LogP contribution < -0.4 is 5.32 Å². The standard InChI is InChI=1S/C16H21N3O3/c1-6-16(8(2)3)15(22)18-13(19-16)12-11(14(20)21)7-9(4)10(5)17-12/h7-8H,6H2,1-5H3,(H,20,21)(H,18,19,22). The molecule has 22 heavy (non-hydrogen) atoms. The van der Waals surface area contributed by atoms with Crippen LogP contribution in [0.2, 0.25) is 0 Å². The summed E-state index contributed by atoms with van der Waals surface area (Å²) in [4.78, 5) is 32.7. The van der Waals surface area contributed by atoms with Crippen LogP contribution in [0.3, 0.4) is 0 Å². The average molecular weight is 303 g/mol. The van der Waals surface area contributed by atoms with E-state index in [4.69, 9.17) is 0 Å². The van der Waals surface area contributed by atoms with Gasteiger partial charge in [-0.05, 0) is 37.8 Å². The molecule has 0 spiro atoms. The Kier molecular flexibility index (Phi) is 4.04. The molecule has 2 heterocycles. The molecule has 0 radical (unpaired) electrons. The van der Waals surface area contributed by atoms with Crippen LogP contribution in [0.25, 0.3) is 0 Å². The minimum Gasteiger partial charge on any atom is -0.478 e. The van der Waals surface area contributed by atoms with Crippen LogP contribution in [-0.2, 0) is 4.79 Å². The highest BCUT2D eigenvalue weighted by Gasteiger charge is 2.45. The van der Waals surface area contributed by atoms with Crippen molar-refractivity contribution in [1.82, 2.24) is 10.3 Å². The van der Waals surface area contributed by atoms with Crippen molar-refractivity contribution in [2.24, 2.45) is 10.9 Å². The van der Waals surface area contributed by atoms with Crippen molar-refractivity contribution in [2.45, 2.75) is 46.6 Å². The predicted molar refractivity (Wildman–Crippen MR) is 83.2 cm³/mol. The number of aromatic carboxylic acids is 1. The minimum atomic E-state index is -1.08. The molecular formula is C16H21N3O3. The van der Waals surface area contributed by atoms with Crippen LogP contribution in [-0.4, -0.2) is 33.3 Å². The second-order valence-corrected chi connectivity index (χ2v) is 5.94. The molecule has 118 valence electrons. The van der Waals surface area contributed by atoms with Crippen LogP contribution >= 0.6 is 0 Å². The third-order valence-corrected chi connectivity index (χ3v) is 4.35. The smallest absolute Gasteiger partial charge is 0.338 e. The van der Waals surface area contributed by atoms with Gasteiger partial charge in [-0.2, -0.15) is 0 Å². The second-order valence-electron chi connectivity index (χ2n) is 5.94. The quantitative estimate of drug-likeness (QED) is 0.890. The van der Waals surface area contributed by atoms with Crippen molar-refractivity contribution in [3.8, 4) is 0 Å². The zero-order chi connectivity index (χ0) is 16.7. The largest absolute Gasteiger partial charge is 0.478 e. The summed E-state index contributed by atoms with van der Waals surface area (Å²) in [6.07, 6.45) is 0.549. The summed E-state index contributed by atoms with van der Waals surface area (Å²) in [7, 11) is 0. The van der Waals surface area contributed by atoms with E-state index in [9.17, 15) is 14.7 Å². The Hall–Kier alpha value is -2.24. The van der Waals surface area contributed by atoms with E-state index < -0.39 is 11.5 Å². The van der Waals surface area contributed by atoms with Gasteiger partial charge in [0, 0.05) is 5.69 Å². The van der Waals surface area contributed by atoms with Gasteiger partial charge in [0.25, 0.3) is 5.91 Å². The maximum Gasteiger partial charge on any atom is 0.338 e. The summed E-state index contributed by atoms with van der Waals surface area (Å²) < 4.78 is 0. The lowest BCUT2D eigenvalue weighted by Gasteiger charge is -2.25. The van der Waals surface area contributed by atoms with Gasteiger partial charge < -0.3 is 10.4 Å². The molecule has 1 aromatic heterocycles. The number of carbonyl (C=O) groups excluding carboxylic acids is 1. The Morgan fingerprint density at radius 1 is 1.41 bits per heavy atom. The summed E-state index contributed by atoms with van der Waals surface area (Å²) in [5, 5.41) is 12.1. The molecule has 0 bridgehead atoms. The SMILES string of the molecule is CCC1(C(C)C)N=C(c2nc(C)c(C)cc2C(=O)O)NC1=O. The second kappa shape index (κ2) is 5.51. The van der Waals surface area contributed by atoms with Gasteiger partial charge in [-0.3, -0.25) is 4.79 Å². The number of aryl methyl sites for hydroxylation is 2. The monoisotopic (exact) mass is 303 g/mol. The fourth-order valence-electron chi connectivity index (χ4n) is 2.69. The van der Waals surface area contributed by atoms with E-state index in [1.165, 1.54) is 0 Å². The molecule has 0 saturated heterocycles. The highest BCUT2D eigenvalue weighted by atomic mass is 16.4. The van der Waals surface area contributed by atoms with Gasteiger partial charge in [-0.1, -0.05) is 20.8 Å². The van der Waals surface area contributed by atoms with E-state index in [2.05, 4.69) is 15.3 Å². The molecule has 1 aliphatic rings. The van der Waals surface area contributed by atoms with Crippen molar-refractivity contribution in [1.29, 1.82) is 0 Å². The lowest BCUT2D eigenvalue weighted by molar-refractivity contribution is -0.125. The van der Waals surface area contributed by atoms with Gasteiger partial charge in [0.15, 0.2) is 5.84 Å². The minimum absolute atomic E-state index is 0.00910. The number of carbonyl (C=O) groups is 2. The number of amides is 1. The topological polar surface area (TPSA) is 91.7 Å². The molecule has 1 aliphatic heterocycles. The summed E-state index contributed by atoms with van der Waals surface area (Å²) in [6, 6.07) is 1.57. The van der Waals surface area contributed by atoms with Crippen molar-refractivity contribution in [3.05, 3.63) is 28.6 Å². The fourth-order valence-corrected chi connectivity index (χ4v) is 2.69. The van der Waals surface area contributed by atoms with Crippen LogP contribution in [0, 0.1) is 19.8 Å². The van der Waals surface area contributed by atoms with Gasteiger partial charge in [0.1, 0.15) is 11.2 Å². The Bertz CT molecular complexity index is 679. The van der Waals surface area contributed by atoms with Crippen molar-refractivity contribution in [2.75, 3.05) is 0 Å². The van der Waals surface area contributed by atoms with E-state index in [0.29, 0.717) is 6.42 Å². The molecule has 6 nitrogen and oxygen atoms in total. The van der Waals surface area contributed by atoms with E-state index in [-0.39, 0.29) is 28.9 Å². The Morgan fingerprint density at radius 3 is 2.50 bits per heavy atom. The number of aromatic nitrogens is 1. The molecule has 0 saturated carbocycles. The van der Waals surface area contributed by atoms with Crippen LogP contribution in [0.1, 0.15) is 54.5 Å². The number of pyridine rings is 1. The Morgan fingerprint density at radius 2 is 2.05 bits per heavy atom. The normalized spacial score (nSPS) is 21.0. The number of nitrogens with one attached hydrogen (secondary N) is 1. The first kappa shape index (κ1) is 16.1. The highest BCUT2D eigenvalue weighted by Crippen LogP contribution is 2.31. The Labute approximate surface area is 129 Å². The van der Waals surface area contributed by atoms with E-state index in [1.807, 2.05) is 20.8 Å². The first-order valence-corrected chi connectivity index (χ1v) is 7.36. The van der Waals surface area contributed by atoms with Crippen LogP contribution in [0.4, 0.5) is 0 Å². The first-order valence-electron chi connectivity index (χ1n) is 7.36. The molecule has 0 aliphatic carbocycles. The number of carboxylic acid groups (broad SMARTS) is 1. The zero-order valence-corrected chi connectivity index (χ0v) is 13.5. The molecule has 1 atom stereocenters. The molecule has 0 fully saturated rings. The number of carboxylic acids is 1. The van der Waals surface area contributed by atoms with Crippen LogP contribution in [0.5, 0.6) is 0 Å². The van der Waals surface area contributed by atoms with Crippen LogP contribution in [0.15, 0.2) is 11.1 Å². The van der Waals surface area contributed by atoms with E-state index in [1.54, 1.807) is 19.9 Å². The molecular weight excluding hydrogens is 282 g/mol. The number of amidine groups is 1. The fraction of sp³-hybridized carbons (Fsp3) is 0.500. The van der Waals surface area contributed by atoms with Crippen molar-refractivity contribution >= 4 is 17.7 Å². The number of aliphatic imine (C=N–C) groups is 1. The third kappa shape index (κ3) is 2.38. The molecule has 1 amide bonds. The molecule has 2 N–H and O–H groups in total. The lowest BCUT2D eigenvalue weighted by Crippen LogP contribution is -2.43. The number of hydrogen-bond acceptors (Lipinski definition) is 4. The summed E-state index contributed by atoms with van der Waals surface area (Å²) in [5.41, 5.74) is 0.927. The van der Waals surface area contributed by atoms with E-state index in [0.717, 1.165) is 11.3 Å². The maximum atomic E-state index is 12.4. The molecule has 1 unspecified atom stereocenters. The summed E-state index contributed by atoms with van der Waals surface area (Å²) in [6.45, 7) is 9.37. The van der Waals surface area contributed by atoms with E-state index >= 15 is 0 Å². The molecule has 6 heteroatoms. The first-order chi connectivity index (χ1) is 10.2. The number of rotatable bonds is 4. The molecule has 1 aromatic rings. The maximum absolute atomic E-state index is 12.4. The van der Waals surface area contributed by atoms with Gasteiger partial charge >= 0.3 is 5.97 Å². The Balaban J connectivity index is 2.63. The van der Waals surface area contributed by atoms with Gasteiger partial charge in [0.2, 0.25) is 0 Å². The summed E-state index contributed by atoms with van der Waals surface area (Å²) >= 11 is 0. The summed E-state index contributed by atoms with van der Waals surface area (Å²) in [5.74, 6) is -1.02. The molecule has 2 rings (SSSR count). The zero-order valence-electron chi connectivity index (χ0n) is 13.5. The number of nitrogens with zero attached hydrogens (tertiary/aromatic N) is 2. The highest BCUT2D eigenvalue weighted by molar-refractivity contribution is 6.17.